The fraction of sp³-hybridized carbons (Fsp3) is 0.308. The van der Waals surface area contributed by atoms with E-state index in [1.807, 2.05) is 25.1 Å². The molecule has 33 heavy (non-hydrogen) atoms. The third-order valence-corrected chi connectivity index (χ3v) is 5.43. The van der Waals surface area contributed by atoms with Crippen molar-refractivity contribution >= 4 is 5.97 Å². The minimum Gasteiger partial charge on any atom is -0.497 e. The number of aromatic nitrogens is 1. The number of aryl methyl sites for hydroxylation is 1. The minimum absolute atomic E-state index is 0.275. The average molecular weight is 454 g/mol. The van der Waals surface area contributed by atoms with E-state index in [0.717, 1.165) is 11.1 Å². The van der Waals surface area contributed by atoms with Gasteiger partial charge < -0.3 is 19.3 Å². The number of methoxy groups -OCH3 is 2. The van der Waals surface area contributed by atoms with E-state index in [1.165, 1.54) is 20.3 Å². The Morgan fingerprint density at radius 2 is 1.91 bits per heavy atom. The van der Waals surface area contributed by atoms with E-state index in [1.54, 1.807) is 37.4 Å². The molecule has 1 heterocycles. The van der Waals surface area contributed by atoms with E-state index >= 15 is 0 Å². The van der Waals surface area contributed by atoms with Crippen LogP contribution in [0.2, 0.25) is 0 Å². The number of hydrogen-bond donors (Lipinski definition) is 1. The molecule has 2 unspecified atom stereocenters. The molecule has 0 spiro atoms. The van der Waals surface area contributed by atoms with Crippen LogP contribution in [0, 0.1) is 18.7 Å². The largest absolute Gasteiger partial charge is 0.497 e. The number of benzene rings is 2. The second-order valence-corrected chi connectivity index (χ2v) is 7.83. The molecule has 1 N–H and O–H groups in total. The van der Waals surface area contributed by atoms with E-state index in [0.29, 0.717) is 34.7 Å². The first kappa shape index (κ1) is 24.2. The maximum Gasteiger partial charge on any atom is 0.308 e. The molecule has 1 aromatic heterocycles. The third-order valence-electron chi connectivity index (χ3n) is 5.43. The van der Waals surface area contributed by atoms with Crippen molar-refractivity contribution in [2.45, 2.75) is 26.4 Å². The zero-order chi connectivity index (χ0) is 24.0. The van der Waals surface area contributed by atoms with Crippen LogP contribution in [0.15, 0.2) is 54.7 Å². The predicted octanol–water partition coefficient (Wildman–Crippen LogP) is 4.67. The van der Waals surface area contributed by atoms with Gasteiger partial charge in [-0.1, -0.05) is 25.1 Å². The molecule has 6 nitrogen and oxygen atoms in total. The zero-order valence-electron chi connectivity index (χ0n) is 19.2. The van der Waals surface area contributed by atoms with Crippen molar-refractivity contribution in [3.8, 4) is 22.6 Å². The lowest BCUT2D eigenvalue weighted by molar-refractivity contribution is -0.144. The highest BCUT2D eigenvalue weighted by molar-refractivity contribution is 5.72. The van der Waals surface area contributed by atoms with Crippen molar-refractivity contribution in [2.24, 2.45) is 5.92 Å². The standard InChI is InChI=1S/C26H28FNO5/c1-16-5-6-18(11-17(2)26(30)32-4)12-24(16)33-25(15-29)23-10-7-19(14-28-23)21-13-20(31-3)8-9-22(21)27/h5-10,12-14,17,25,29H,11,15H2,1-4H3. The van der Waals surface area contributed by atoms with Gasteiger partial charge in [-0.15, -0.1) is 0 Å². The van der Waals surface area contributed by atoms with Gasteiger partial charge in [-0.2, -0.15) is 0 Å². The summed E-state index contributed by atoms with van der Waals surface area (Å²) in [5.74, 6) is 0.194. The molecule has 0 fully saturated rings. The van der Waals surface area contributed by atoms with Crippen LogP contribution < -0.4 is 9.47 Å². The van der Waals surface area contributed by atoms with Gasteiger partial charge >= 0.3 is 5.97 Å². The van der Waals surface area contributed by atoms with Crippen LogP contribution in [0.25, 0.3) is 11.1 Å². The number of aliphatic hydroxyl groups excluding tert-OH is 1. The third kappa shape index (κ3) is 5.87. The molecule has 174 valence electrons. The number of nitrogens with zero attached hydrogens (tertiary/aromatic N) is 1. The molecule has 0 saturated heterocycles. The molecule has 0 aliphatic carbocycles. The lowest BCUT2D eigenvalue weighted by Crippen LogP contribution is -2.16. The highest BCUT2D eigenvalue weighted by atomic mass is 19.1. The fourth-order valence-corrected chi connectivity index (χ4v) is 3.49. The van der Waals surface area contributed by atoms with Crippen molar-refractivity contribution < 1.29 is 28.5 Å². The van der Waals surface area contributed by atoms with Gasteiger partial charge in [-0.25, -0.2) is 4.39 Å². The Labute approximate surface area is 193 Å². The molecule has 3 aromatic rings. The smallest absolute Gasteiger partial charge is 0.308 e. The normalized spacial score (nSPS) is 12.7. The van der Waals surface area contributed by atoms with Gasteiger partial charge in [0.15, 0.2) is 6.10 Å². The monoisotopic (exact) mass is 453 g/mol. The van der Waals surface area contributed by atoms with Gasteiger partial charge in [0.25, 0.3) is 0 Å². The number of halogens is 1. The summed E-state index contributed by atoms with van der Waals surface area (Å²) < 4.78 is 30.3. The number of carbonyl (C=O) groups is 1. The van der Waals surface area contributed by atoms with Crippen LogP contribution in [0.5, 0.6) is 11.5 Å². The topological polar surface area (TPSA) is 77.9 Å². The zero-order valence-corrected chi connectivity index (χ0v) is 19.2. The molecule has 0 aliphatic heterocycles. The van der Waals surface area contributed by atoms with Crippen LogP contribution in [0.3, 0.4) is 0 Å². The van der Waals surface area contributed by atoms with E-state index < -0.39 is 6.10 Å². The van der Waals surface area contributed by atoms with Gasteiger partial charge in [-0.3, -0.25) is 9.78 Å². The first-order chi connectivity index (χ1) is 15.9. The second kappa shape index (κ2) is 10.9. The summed E-state index contributed by atoms with van der Waals surface area (Å²) in [4.78, 5) is 16.1. The number of pyridine rings is 1. The Hall–Kier alpha value is -3.45. The summed E-state index contributed by atoms with van der Waals surface area (Å²) in [6.07, 6.45) is 1.34. The summed E-state index contributed by atoms with van der Waals surface area (Å²) in [6.45, 7) is 3.42. The van der Waals surface area contributed by atoms with Gasteiger partial charge in [0.1, 0.15) is 17.3 Å². The molecule has 0 amide bonds. The number of rotatable bonds is 9. The van der Waals surface area contributed by atoms with Gasteiger partial charge in [-0.05, 0) is 54.8 Å². The summed E-state index contributed by atoms with van der Waals surface area (Å²) in [5.41, 5.74) is 3.28. The Balaban J connectivity index is 1.80. The molecule has 3 rings (SSSR count). The predicted molar refractivity (Wildman–Crippen MR) is 123 cm³/mol. The Morgan fingerprint density at radius 3 is 2.55 bits per heavy atom. The first-order valence-electron chi connectivity index (χ1n) is 10.6. The average Bonchev–Trinajstić information content (AvgIpc) is 2.84. The second-order valence-electron chi connectivity index (χ2n) is 7.83. The summed E-state index contributed by atoms with van der Waals surface area (Å²) >= 11 is 0. The summed E-state index contributed by atoms with van der Waals surface area (Å²) in [7, 11) is 2.89. The maximum atomic E-state index is 14.3. The van der Waals surface area contributed by atoms with E-state index in [-0.39, 0.29) is 24.3 Å². The maximum absolute atomic E-state index is 14.3. The number of hydrogen-bond acceptors (Lipinski definition) is 6. The van der Waals surface area contributed by atoms with Crippen molar-refractivity contribution in [2.75, 3.05) is 20.8 Å². The molecular weight excluding hydrogens is 425 g/mol. The number of esters is 1. The van der Waals surface area contributed by atoms with Crippen molar-refractivity contribution in [3.05, 3.63) is 77.4 Å². The minimum atomic E-state index is -0.707. The lowest BCUT2D eigenvalue weighted by Gasteiger charge is -2.19. The van der Waals surface area contributed by atoms with E-state index in [4.69, 9.17) is 14.2 Å². The quantitative estimate of drug-likeness (QED) is 0.475. The number of ether oxygens (including phenoxy) is 3. The van der Waals surface area contributed by atoms with Gasteiger partial charge in [0, 0.05) is 17.3 Å². The molecule has 0 radical (unpaired) electrons. The molecule has 0 bridgehead atoms. The van der Waals surface area contributed by atoms with Crippen LogP contribution in [0.4, 0.5) is 4.39 Å². The fourth-order valence-electron chi connectivity index (χ4n) is 3.49. The number of aliphatic hydroxyl groups is 1. The molecule has 0 aliphatic rings. The lowest BCUT2D eigenvalue weighted by atomic mass is 10.00. The highest BCUT2D eigenvalue weighted by Crippen LogP contribution is 2.29. The van der Waals surface area contributed by atoms with Gasteiger partial charge in [0.2, 0.25) is 0 Å². The Morgan fingerprint density at radius 1 is 1.12 bits per heavy atom. The molecule has 2 aromatic carbocycles. The van der Waals surface area contributed by atoms with Crippen LogP contribution in [-0.2, 0) is 16.0 Å². The Bertz CT molecular complexity index is 1100. The van der Waals surface area contributed by atoms with Crippen molar-refractivity contribution in [1.29, 1.82) is 0 Å². The first-order valence-corrected chi connectivity index (χ1v) is 10.6. The summed E-state index contributed by atoms with van der Waals surface area (Å²) in [6, 6.07) is 13.6. The van der Waals surface area contributed by atoms with E-state index in [9.17, 15) is 14.3 Å². The van der Waals surface area contributed by atoms with Crippen LogP contribution in [-0.4, -0.2) is 36.9 Å². The Kier molecular flexibility index (Phi) is 8.01. The van der Waals surface area contributed by atoms with E-state index in [2.05, 4.69) is 4.98 Å². The molecule has 0 saturated carbocycles. The molecule has 2 atom stereocenters. The van der Waals surface area contributed by atoms with Crippen LogP contribution in [0.1, 0.15) is 29.8 Å². The van der Waals surface area contributed by atoms with Crippen LogP contribution >= 0.6 is 0 Å². The number of carbonyl (C=O) groups excluding carboxylic acids is 1. The molecule has 7 heteroatoms. The highest BCUT2D eigenvalue weighted by Gasteiger charge is 2.18. The van der Waals surface area contributed by atoms with Crippen molar-refractivity contribution in [3.63, 3.8) is 0 Å². The molecular formula is C26H28FNO5. The summed E-state index contributed by atoms with van der Waals surface area (Å²) in [5, 5.41) is 9.95. The van der Waals surface area contributed by atoms with Gasteiger partial charge in [0.05, 0.1) is 32.4 Å². The van der Waals surface area contributed by atoms with Crippen molar-refractivity contribution in [1.82, 2.24) is 4.98 Å². The SMILES string of the molecule is COC(=O)C(C)Cc1ccc(C)c(OC(CO)c2ccc(-c3cc(OC)ccc3F)cn2)c1.